The summed E-state index contributed by atoms with van der Waals surface area (Å²) in [4.78, 5) is 16.4. The fraction of sp³-hybridized carbons (Fsp3) is 0.400. The average molecular weight is 407 g/mol. The second-order valence-corrected chi connectivity index (χ2v) is 8.62. The highest BCUT2D eigenvalue weighted by Gasteiger charge is 2.24. The SMILES string of the molecule is Cc1nn(Cc2ccccc2)c2sc(C(=O)N(C)CC(C)(C)CN)cc12.Cl. The van der Waals surface area contributed by atoms with Gasteiger partial charge in [-0.1, -0.05) is 44.2 Å². The predicted octanol–water partition coefficient (Wildman–Crippen LogP) is 3.93. The van der Waals surface area contributed by atoms with E-state index >= 15 is 0 Å². The Morgan fingerprint density at radius 3 is 2.59 bits per heavy atom. The molecule has 0 atom stereocenters. The summed E-state index contributed by atoms with van der Waals surface area (Å²) in [5.41, 5.74) is 7.86. The highest BCUT2D eigenvalue weighted by molar-refractivity contribution is 7.20. The van der Waals surface area contributed by atoms with Crippen molar-refractivity contribution in [1.29, 1.82) is 0 Å². The smallest absolute Gasteiger partial charge is 0.263 e. The number of amides is 1. The van der Waals surface area contributed by atoms with E-state index in [0.717, 1.165) is 20.8 Å². The summed E-state index contributed by atoms with van der Waals surface area (Å²) < 4.78 is 1.99. The Morgan fingerprint density at radius 2 is 1.96 bits per heavy atom. The van der Waals surface area contributed by atoms with Crippen molar-refractivity contribution in [3.8, 4) is 0 Å². The number of hydrogen-bond donors (Lipinski definition) is 1. The molecule has 0 aliphatic heterocycles. The lowest BCUT2D eigenvalue weighted by molar-refractivity contribution is 0.0745. The Bertz CT molecular complexity index is 917. The van der Waals surface area contributed by atoms with Gasteiger partial charge in [0, 0.05) is 19.0 Å². The van der Waals surface area contributed by atoms with Gasteiger partial charge in [-0.3, -0.25) is 9.48 Å². The molecule has 5 nitrogen and oxygen atoms in total. The van der Waals surface area contributed by atoms with Crippen LogP contribution in [0.4, 0.5) is 0 Å². The van der Waals surface area contributed by atoms with E-state index in [4.69, 9.17) is 5.73 Å². The van der Waals surface area contributed by atoms with Gasteiger partial charge in [0.25, 0.3) is 5.91 Å². The first-order valence-electron chi connectivity index (χ1n) is 8.77. The summed E-state index contributed by atoms with van der Waals surface area (Å²) >= 11 is 1.51. The number of aromatic nitrogens is 2. The van der Waals surface area contributed by atoms with Crippen molar-refractivity contribution in [3.63, 3.8) is 0 Å². The van der Waals surface area contributed by atoms with Gasteiger partial charge in [0.1, 0.15) is 4.83 Å². The third kappa shape index (κ3) is 4.69. The third-order valence-electron chi connectivity index (χ3n) is 4.56. The minimum Gasteiger partial charge on any atom is -0.340 e. The molecule has 0 radical (unpaired) electrons. The van der Waals surface area contributed by atoms with E-state index in [9.17, 15) is 4.79 Å². The predicted molar refractivity (Wildman–Crippen MR) is 115 cm³/mol. The van der Waals surface area contributed by atoms with Gasteiger partial charge in [-0.05, 0) is 30.5 Å². The van der Waals surface area contributed by atoms with Gasteiger partial charge in [0.15, 0.2) is 0 Å². The molecule has 2 N–H and O–H groups in total. The molecule has 0 bridgehead atoms. The molecular weight excluding hydrogens is 380 g/mol. The minimum absolute atomic E-state index is 0. The number of fused-ring (bicyclic) bond motifs is 1. The van der Waals surface area contributed by atoms with Crippen molar-refractivity contribution >= 4 is 39.9 Å². The molecule has 0 unspecified atom stereocenters. The van der Waals surface area contributed by atoms with Gasteiger partial charge in [0.2, 0.25) is 0 Å². The van der Waals surface area contributed by atoms with Gasteiger partial charge in [0.05, 0.1) is 17.1 Å². The van der Waals surface area contributed by atoms with Crippen LogP contribution in [0, 0.1) is 12.3 Å². The summed E-state index contributed by atoms with van der Waals surface area (Å²) in [6, 6.07) is 12.2. The van der Waals surface area contributed by atoms with Gasteiger partial charge in [-0.15, -0.1) is 23.7 Å². The molecule has 0 aliphatic carbocycles. The quantitative estimate of drug-likeness (QED) is 0.674. The molecule has 27 heavy (non-hydrogen) atoms. The Hall–Kier alpha value is -1.89. The number of carbonyl (C=O) groups excluding carboxylic acids is 1. The van der Waals surface area contributed by atoms with Crippen LogP contribution in [0.2, 0.25) is 0 Å². The van der Waals surface area contributed by atoms with E-state index in [2.05, 4.69) is 31.1 Å². The van der Waals surface area contributed by atoms with Gasteiger partial charge < -0.3 is 10.6 Å². The van der Waals surface area contributed by atoms with Crippen molar-refractivity contribution in [2.75, 3.05) is 20.1 Å². The lowest BCUT2D eigenvalue weighted by Crippen LogP contribution is -2.39. The third-order valence-corrected chi connectivity index (χ3v) is 5.69. The van der Waals surface area contributed by atoms with Crippen molar-refractivity contribution < 1.29 is 4.79 Å². The maximum absolute atomic E-state index is 12.9. The van der Waals surface area contributed by atoms with E-state index in [0.29, 0.717) is 19.6 Å². The highest BCUT2D eigenvalue weighted by Crippen LogP contribution is 2.30. The maximum atomic E-state index is 12.9. The zero-order chi connectivity index (χ0) is 18.9. The van der Waals surface area contributed by atoms with Crippen LogP contribution in [0.15, 0.2) is 36.4 Å². The summed E-state index contributed by atoms with van der Waals surface area (Å²) in [5, 5.41) is 5.70. The molecule has 7 heteroatoms. The number of thiophene rings is 1. The molecule has 2 aromatic heterocycles. The summed E-state index contributed by atoms with van der Waals surface area (Å²) in [5.74, 6) is 0.0402. The van der Waals surface area contributed by atoms with Crippen LogP contribution in [0.1, 0.15) is 34.8 Å². The van der Waals surface area contributed by atoms with Gasteiger partial charge in [-0.25, -0.2) is 0 Å². The first-order chi connectivity index (χ1) is 12.3. The van der Waals surface area contributed by atoms with Crippen molar-refractivity contribution in [1.82, 2.24) is 14.7 Å². The molecule has 2 heterocycles. The first-order valence-corrected chi connectivity index (χ1v) is 9.59. The zero-order valence-corrected chi connectivity index (χ0v) is 17.9. The van der Waals surface area contributed by atoms with Crippen LogP contribution in [0.5, 0.6) is 0 Å². The molecule has 3 aromatic rings. The second kappa shape index (κ2) is 8.42. The number of nitrogens with zero attached hydrogens (tertiary/aromatic N) is 3. The van der Waals surface area contributed by atoms with Crippen molar-refractivity contribution in [3.05, 3.63) is 52.5 Å². The number of carbonyl (C=O) groups is 1. The fourth-order valence-corrected chi connectivity index (χ4v) is 4.20. The normalized spacial score (nSPS) is 11.4. The van der Waals surface area contributed by atoms with Crippen LogP contribution < -0.4 is 5.73 Å². The molecule has 1 amide bonds. The number of aryl methyl sites for hydroxylation is 1. The van der Waals surface area contributed by atoms with Crippen LogP contribution in [-0.2, 0) is 6.54 Å². The lowest BCUT2D eigenvalue weighted by Gasteiger charge is -2.28. The Balaban J connectivity index is 0.00000261. The molecule has 0 aliphatic rings. The molecule has 3 rings (SSSR count). The van der Waals surface area contributed by atoms with E-state index in [1.807, 2.05) is 42.9 Å². The van der Waals surface area contributed by atoms with E-state index in [-0.39, 0.29) is 23.7 Å². The Kier molecular flexibility index (Phi) is 6.68. The number of hydrogen-bond acceptors (Lipinski definition) is 4. The van der Waals surface area contributed by atoms with Crippen LogP contribution in [0.25, 0.3) is 10.2 Å². The molecule has 0 spiro atoms. The van der Waals surface area contributed by atoms with E-state index in [1.165, 1.54) is 16.9 Å². The summed E-state index contributed by atoms with van der Waals surface area (Å²) in [6.45, 7) is 8.02. The standard InChI is InChI=1S/C20H26N4OS.ClH/c1-14-16-10-17(18(25)23(4)13-20(2,3)12-21)26-19(16)24(22-14)11-15-8-6-5-7-9-15;/h5-10H,11-13,21H2,1-4H3;1H. The fourth-order valence-electron chi connectivity index (χ4n) is 3.05. The molecule has 0 fully saturated rings. The van der Waals surface area contributed by atoms with Crippen molar-refractivity contribution in [2.24, 2.45) is 11.1 Å². The monoisotopic (exact) mass is 406 g/mol. The first kappa shape index (κ1) is 21.4. The maximum Gasteiger partial charge on any atom is 0.263 e. The van der Waals surface area contributed by atoms with E-state index < -0.39 is 0 Å². The highest BCUT2D eigenvalue weighted by atomic mass is 35.5. The summed E-state index contributed by atoms with van der Waals surface area (Å²) in [6.07, 6.45) is 0. The van der Waals surface area contributed by atoms with Gasteiger partial charge in [-0.2, -0.15) is 5.10 Å². The van der Waals surface area contributed by atoms with Gasteiger partial charge >= 0.3 is 0 Å². The molecule has 1 aromatic carbocycles. The Labute approximate surface area is 170 Å². The number of halogens is 1. The zero-order valence-electron chi connectivity index (χ0n) is 16.2. The second-order valence-electron chi connectivity index (χ2n) is 7.59. The number of nitrogens with two attached hydrogens (primary N) is 1. The molecule has 0 saturated carbocycles. The number of benzene rings is 1. The molecular formula is C20H27ClN4OS. The summed E-state index contributed by atoms with van der Waals surface area (Å²) in [7, 11) is 1.84. The topological polar surface area (TPSA) is 64.2 Å². The van der Waals surface area contributed by atoms with Crippen LogP contribution in [0.3, 0.4) is 0 Å². The lowest BCUT2D eigenvalue weighted by atomic mass is 9.93. The molecule has 146 valence electrons. The van der Waals surface area contributed by atoms with E-state index in [1.54, 1.807) is 4.90 Å². The largest absolute Gasteiger partial charge is 0.340 e. The number of rotatable bonds is 6. The van der Waals surface area contributed by atoms with Crippen molar-refractivity contribution in [2.45, 2.75) is 27.3 Å². The minimum atomic E-state index is -0.0961. The Morgan fingerprint density at radius 1 is 1.30 bits per heavy atom. The molecule has 0 saturated heterocycles. The van der Waals surface area contributed by atoms with Crippen LogP contribution in [-0.4, -0.2) is 40.7 Å². The van der Waals surface area contributed by atoms with Crippen LogP contribution >= 0.6 is 23.7 Å². The average Bonchev–Trinajstić information content (AvgIpc) is 3.16.